The first kappa shape index (κ1) is 14.5. The van der Waals surface area contributed by atoms with Gasteiger partial charge in [-0.25, -0.2) is 4.39 Å². The van der Waals surface area contributed by atoms with Gasteiger partial charge >= 0.3 is 0 Å². The molecule has 4 heteroatoms. The highest BCUT2D eigenvalue weighted by Gasteiger charge is 2.04. The molecule has 2 aromatic rings. The van der Waals surface area contributed by atoms with E-state index in [9.17, 15) is 4.39 Å². The van der Waals surface area contributed by atoms with Crippen molar-refractivity contribution >= 4 is 5.69 Å². The second kappa shape index (κ2) is 7.01. The summed E-state index contributed by atoms with van der Waals surface area (Å²) in [6.45, 7) is 4.42. The summed E-state index contributed by atoms with van der Waals surface area (Å²) in [7, 11) is 2.00. The summed E-state index contributed by atoms with van der Waals surface area (Å²) in [5.74, 6) is -0.196. The molecule has 20 heavy (non-hydrogen) atoms. The van der Waals surface area contributed by atoms with E-state index < -0.39 is 0 Å². The van der Waals surface area contributed by atoms with E-state index in [4.69, 9.17) is 0 Å². The van der Waals surface area contributed by atoms with Crippen molar-refractivity contribution < 1.29 is 4.39 Å². The fourth-order valence-corrected chi connectivity index (χ4v) is 2.05. The van der Waals surface area contributed by atoms with E-state index in [1.54, 1.807) is 12.1 Å². The summed E-state index contributed by atoms with van der Waals surface area (Å²) in [6, 6.07) is 10.7. The lowest BCUT2D eigenvalue weighted by Gasteiger charge is -2.20. The number of hydrogen-bond donors (Lipinski definition) is 1. The van der Waals surface area contributed by atoms with Gasteiger partial charge in [0.25, 0.3) is 0 Å². The molecule has 0 saturated carbocycles. The Labute approximate surface area is 119 Å². The van der Waals surface area contributed by atoms with Gasteiger partial charge in [0.2, 0.25) is 0 Å². The summed E-state index contributed by atoms with van der Waals surface area (Å²) >= 11 is 0. The van der Waals surface area contributed by atoms with Crippen LogP contribution in [0, 0.1) is 5.82 Å². The van der Waals surface area contributed by atoms with Crippen LogP contribution < -0.4 is 10.2 Å². The lowest BCUT2D eigenvalue weighted by molar-refractivity contribution is 0.625. The predicted octanol–water partition coefficient (Wildman–Crippen LogP) is 2.97. The Kier molecular flexibility index (Phi) is 5.07. The zero-order valence-electron chi connectivity index (χ0n) is 11.9. The zero-order valence-corrected chi connectivity index (χ0v) is 11.9. The molecule has 0 atom stereocenters. The van der Waals surface area contributed by atoms with E-state index in [-0.39, 0.29) is 5.82 Å². The second-order valence-electron chi connectivity index (χ2n) is 4.77. The maximum Gasteiger partial charge on any atom is 0.123 e. The fraction of sp³-hybridized carbons (Fsp3) is 0.312. The van der Waals surface area contributed by atoms with Crippen molar-refractivity contribution in [1.82, 2.24) is 10.3 Å². The SMILES string of the molecule is CCNCc1cc(N(C)Cc2cccc(F)c2)ccn1. The van der Waals surface area contributed by atoms with Crippen LogP contribution in [0.2, 0.25) is 0 Å². The largest absolute Gasteiger partial charge is 0.370 e. The molecule has 1 heterocycles. The van der Waals surface area contributed by atoms with Crippen LogP contribution in [0.4, 0.5) is 10.1 Å². The van der Waals surface area contributed by atoms with Crippen molar-refractivity contribution in [1.29, 1.82) is 0 Å². The Morgan fingerprint density at radius 1 is 1.25 bits per heavy atom. The number of hydrogen-bond acceptors (Lipinski definition) is 3. The van der Waals surface area contributed by atoms with Crippen LogP contribution in [0.1, 0.15) is 18.2 Å². The molecule has 0 aliphatic rings. The van der Waals surface area contributed by atoms with Gasteiger partial charge in [-0.05, 0) is 36.4 Å². The van der Waals surface area contributed by atoms with E-state index in [0.717, 1.165) is 30.0 Å². The number of benzene rings is 1. The van der Waals surface area contributed by atoms with Gasteiger partial charge < -0.3 is 10.2 Å². The topological polar surface area (TPSA) is 28.2 Å². The van der Waals surface area contributed by atoms with E-state index in [2.05, 4.69) is 28.2 Å². The molecule has 0 unspecified atom stereocenters. The molecule has 3 nitrogen and oxygen atoms in total. The molecule has 0 fully saturated rings. The van der Waals surface area contributed by atoms with E-state index in [1.165, 1.54) is 6.07 Å². The van der Waals surface area contributed by atoms with Crippen LogP contribution in [-0.2, 0) is 13.1 Å². The molecule has 0 amide bonds. The minimum absolute atomic E-state index is 0.196. The Hall–Kier alpha value is -1.94. The number of pyridine rings is 1. The Bertz CT molecular complexity index is 557. The standard InChI is InChI=1S/C16H20FN3/c1-3-18-11-15-10-16(7-8-19-15)20(2)12-13-5-4-6-14(17)9-13/h4-10,18H,3,11-12H2,1-2H3. The fourth-order valence-electron chi connectivity index (χ4n) is 2.05. The summed E-state index contributed by atoms with van der Waals surface area (Å²) < 4.78 is 13.2. The minimum Gasteiger partial charge on any atom is -0.370 e. The Balaban J connectivity index is 2.06. The molecular weight excluding hydrogens is 253 g/mol. The van der Waals surface area contributed by atoms with Crippen LogP contribution in [-0.4, -0.2) is 18.6 Å². The van der Waals surface area contributed by atoms with Gasteiger partial charge in [0, 0.05) is 32.0 Å². The van der Waals surface area contributed by atoms with Gasteiger partial charge in [0.1, 0.15) is 5.82 Å². The van der Waals surface area contributed by atoms with Crippen molar-refractivity contribution in [2.45, 2.75) is 20.0 Å². The highest BCUT2D eigenvalue weighted by atomic mass is 19.1. The monoisotopic (exact) mass is 273 g/mol. The van der Waals surface area contributed by atoms with Crippen LogP contribution in [0.15, 0.2) is 42.6 Å². The van der Waals surface area contributed by atoms with Crippen LogP contribution in [0.25, 0.3) is 0 Å². The molecule has 1 N–H and O–H groups in total. The molecule has 0 radical (unpaired) electrons. The number of anilines is 1. The molecule has 106 valence electrons. The third-order valence-corrected chi connectivity index (χ3v) is 3.11. The summed E-state index contributed by atoms with van der Waals surface area (Å²) in [5.41, 5.74) is 3.05. The average molecular weight is 273 g/mol. The average Bonchev–Trinajstić information content (AvgIpc) is 2.45. The minimum atomic E-state index is -0.196. The number of rotatable bonds is 6. The molecule has 0 spiro atoms. The Morgan fingerprint density at radius 2 is 2.10 bits per heavy atom. The van der Waals surface area contributed by atoms with Crippen molar-refractivity contribution in [2.75, 3.05) is 18.5 Å². The van der Waals surface area contributed by atoms with Gasteiger partial charge in [-0.15, -0.1) is 0 Å². The highest BCUT2D eigenvalue weighted by molar-refractivity contribution is 5.46. The van der Waals surface area contributed by atoms with Gasteiger partial charge in [-0.1, -0.05) is 19.1 Å². The van der Waals surface area contributed by atoms with Gasteiger partial charge in [0.05, 0.1) is 5.69 Å². The molecule has 1 aromatic carbocycles. The molecular formula is C16H20FN3. The molecule has 0 bridgehead atoms. The number of halogens is 1. The van der Waals surface area contributed by atoms with Gasteiger partial charge in [-0.2, -0.15) is 0 Å². The van der Waals surface area contributed by atoms with Crippen molar-refractivity contribution in [2.24, 2.45) is 0 Å². The lowest BCUT2D eigenvalue weighted by Crippen LogP contribution is -2.18. The van der Waals surface area contributed by atoms with Crippen LogP contribution in [0.3, 0.4) is 0 Å². The maximum absolute atomic E-state index is 13.2. The van der Waals surface area contributed by atoms with E-state index in [1.807, 2.05) is 25.4 Å². The highest BCUT2D eigenvalue weighted by Crippen LogP contribution is 2.16. The molecule has 0 aliphatic carbocycles. The van der Waals surface area contributed by atoms with Crippen molar-refractivity contribution in [3.63, 3.8) is 0 Å². The van der Waals surface area contributed by atoms with Crippen molar-refractivity contribution in [3.05, 3.63) is 59.7 Å². The third kappa shape index (κ3) is 4.03. The first-order chi connectivity index (χ1) is 9.69. The normalized spacial score (nSPS) is 10.6. The summed E-state index contributed by atoms with van der Waals surface area (Å²) in [4.78, 5) is 6.42. The molecule has 1 aromatic heterocycles. The number of aromatic nitrogens is 1. The molecule has 2 rings (SSSR count). The molecule has 0 saturated heterocycles. The smallest absolute Gasteiger partial charge is 0.123 e. The second-order valence-corrected chi connectivity index (χ2v) is 4.77. The summed E-state index contributed by atoms with van der Waals surface area (Å²) in [5, 5.41) is 3.26. The zero-order chi connectivity index (χ0) is 14.4. The van der Waals surface area contributed by atoms with Gasteiger partial charge in [-0.3, -0.25) is 4.98 Å². The van der Waals surface area contributed by atoms with Crippen LogP contribution in [0.5, 0.6) is 0 Å². The Morgan fingerprint density at radius 3 is 2.85 bits per heavy atom. The van der Waals surface area contributed by atoms with Gasteiger partial charge in [0.15, 0.2) is 0 Å². The number of nitrogens with one attached hydrogen (secondary N) is 1. The summed E-state index contributed by atoms with van der Waals surface area (Å²) in [6.07, 6.45) is 1.81. The van der Waals surface area contributed by atoms with E-state index in [0.29, 0.717) is 6.54 Å². The number of nitrogens with zero attached hydrogens (tertiary/aromatic N) is 2. The van der Waals surface area contributed by atoms with E-state index >= 15 is 0 Å². The maximum atomic E-state index is 13.2. The predicted molar refractivity (Wildman–Crippen MR) is 80.1 cm³/mol. The quantitative estimate of drug-likeness (QED) is 0.877. The lowest BCUT2D eigenvalue weighted by atomic mass is 10.2. The third-order valence-electron chi connectivity index (χ3n) is 3.11. The van der Waals surface area contributed by atoms with Crippen LogP contribution >= 0.6 is 0 Å². The van der Waals surface area contributed by atoms with Crippen molar-refractivity contribution in [3.8, 4) is 0 Å². The first-order valence-corrected chi connectivity index (χ1v) is 6.80. The molecule has 0 aliphatic heterocycles. The first-order valence-electron chi connectivity index (χ1n) is 6.80.